The molecule has 1 aliphatic carbocycles. The maximum absolute atomic E-state index is 13.9. The van der Waals surface area contributed by atoms with Gasteiger partial charge in [-0.2, -0.15) is 4.80 Å². The summed E-state index contributed by atoms with van der Waals surface area (Å²) in [5.74, 6) is -0.744. The number of benzene rings is 2. The molecule has 1 fully saturated rings. The second-order valence-corrected chi connectivity index (χ2v) is 9.43. The molecule has 1 saturated carbocycles. The molecule has 1 aliphatic rings. The van der Waals surface area contributed by atoms with E-state index in [1.165, 1.54) is 21.8 Å². The standard InChI is InChI=1S/C28H28FN7O2/c1-19-5-4-8-24(17-19)36(25(37)18-35-33-27(32-34-35)21-9-11-22(29)12-10-21)26(20-13-15-30-16-14-20)28(38)31-23-6-2-3-7-23/h4-5,8-17,23,26H,2-3,6-7,18H2,1H3,(H,31,38)/t26-/m0/s1. The summed E-state index contributed by atoms with van der Waals surface area (Å²) >= 11 is 0. The van der Waals surface area contributed by atoms with E-state index in [1.807, 2.05) is 25.1 Å². The second-order valence-electron chi connectivity index (χ2n) is 9.43. The van der Waals surface area contributed by atoms with Gasteiger partial charge in [-0.1, -0.05) is 25.0 Å². The second kappa shape index (κ2) is 11.3. The molecule has 1 atom stereocenters. The zero-order valence-electron chi connectivity index (χ0n) is 21.0. The molecule has 0 spiro atoms. The number of amides is 2. The molecule has 194 valence electrons. The van der Waals surface area contributed by atoms with E-state index in [9.17, 15) is 14.0 Å². The minimum Gasteiger partial charge on any atom is -0.351 e. The third kappa shape index (κ3) is 5.74. The number of carbonyl (C=O) groups is 2. The Morgan fingerprint density at radius 2 is 1.82 bits per heavy atom. The van der Waals surface area contributed by atoms with Gasteiger partial charge >= 0.3 is 0 Å². The molecule has 0 unspecified atom stereocenters. The summed E-state index contributed by atoms with van der Waals surface area (Å²) in [5, 5.41) is 15.5. The summed E-state index contributed by atoms with van der Waals surface area (Å²) in [6.45, 7) is 1.68. The highest BCUT2D eigenvalue weighted by Crippen LogP contribution is 2.30. The highest BCUT2D eigenvalue weighted by Gasteiger charge is 2.34. The summed E-state index contributed by atoms with van der Waals surface area (Å²) in [5.41, 5.74) is 2.75. The van der Waals surface area contributed by atoms with E-state index < -0.39 is 6.04 Å². The SMILES string of the molecule is Cc1cccc(N(C(=O)Cn2nnc(-c3ccc(F)cc3)n2)[C@H](C(=O)NC2CCCC2)c2ccncc2)c1. The molecule has 2 aromatic carbocycles. The molecule has 1 N–H and O–H groups in total. The molecule has 0 saturated heterocycles. The van der Waals surface area contributed by atoms with Gasteiger partial charge in [-0.15, -0.1) is 10.2 Å². The van der Waals surface area contributed by atoms with Gasteiger partial charge in [0.1, 0.15) is 18.4 Å². The summed E-state index contributed by atoms with van der Waals surface area (Å²) < 4.78 is 13.3. The van der Waals surface area contributed by atoms with Crippen LogP contribution in [0.15, 0.2) is 73.1 Å². The maximum atomic E-state index is 13.9. The van der Waals surface area contributed by atoms with Crippen LogP contribution in [-0.4, -0.2) is 43.0 Å². The largest absolute Gasteiger partial charge is 0.351 e. The Kier molecular flexibility index (Phi) is 7.48. The van der Waals surface area contributed by atoms with Crippen LogP contribution in [0.2, 0.25) is 0 Å². The summed E-state index contributed by atoms with van der Waals surface area (Å²) in [6.07, 6.45) is 7.19. The van der Waals surface area contributed by atoms with Crippen molar-refractivity contribution in [1.29, 1.82) is 0 Å². The molecule has 2 heterocycles. The topological polar surface area (TPSA) is 106 Å². The van der Waals surface area contributed by atoms with Crippen LogP contribution < -0.4 is 10.2 Å². The fourth-order valence-electron chi connectivity index (χ4n) is 4.75. The van der Waals surface area contributed by atoms with Gasteiger partial charge in [0.2, 0.25) is 11.7 Å². The predicted octanol–water partition coefficient (Wildman–Crippen LogP) is 4.02. The highest BCUT2D eigenvalue weighted by molar-refractivity contribution is 6.01. The number of halogens is 1. The van der Waals surface area contributed by atoms with E-state index in [-0.39, 0.29) is 36.0 Å². The number of nitrogens with one attached hydrogen (secondary N) is 1. The summed E-state index contributed by atoms with van der Waals surface area (Å²) in [4.78, 5) is 34.5. The summed E-state index contributed by atoms with van der Waals surface area (Å²) in [6, 6.07) is 15.8. The van der Waals surface area contributed by atoms with Crippen LogP contribution in [0, 0.1) is 12.7 Å². The third-order valence-electron chi connectivity index (χ3n) is 6.61. The number of carbonyl (C=O) groups excluding carboxylic acids is 2. The Labute approximate surface area is 219 Å². The van der Waals surface area contributed by atoms with Gasteiger partial charge in [0.15, 0.2) is 0 Å². The van der Waals surface area contributed by atoms with Gasteiger partial charge in [-0.3, -0.25) is 19.5 Å². The van der Waals surface area contributed by atoms with E-state index >= 15 is 0 Å². The van der Waals surface area contributed by atoms with Crippen molar-refractivity contribution in [2.45, 2.75) is 51.2 Å². The van der Waals surface area contributed by atoms with E-state index in [2.05, 4.69) is 25.7 Å². The van der Waals surface area contributed by atoms with Crippen LogP contribution in [-0.2, 0) is 16.1 Å². The van der Waals surface area contributed by atoms with Crippen molar-refractivity contribution in [1.82, 2.24) is 30.5 Å². The average Bonchev–Trinajstić information content (AvgIpc) is 3.60. The molecule has 0 aliphatic heterocycles. The zero-order chi connectivity index (χ0) is 26.5. The number of hydrogen-bond acceptors (Lipinski definition) is 6. The van der Waals surface area contributed by atoms with Crippen LogP contribution in [0.25, 0.3) is 11.4 Å². The predicted molar refractivity (Wildman–Crippen MR) is 139 cm³/mol. The molecular formula is C28H28FN7O2. The van der Waals surface area contributed by atoms with Gasteiger partial charge in [0, 0.05) is 29.7 Å². The number of aromatic nitrogens is 5. The van der Waals surface area contributed by atoms with Gasteiger partial charge in [-0.05, 0) is 84.6 Å². The first-order chi connectivity index (χ1) is 18.5. The highest BCUT2D eigenvalue weighted by atomic mass is 19.1. The molecule has 2 amide bonds. The molecule has 2 aromatic heterocycles. The molecule has 10 heteroatoms. The summed E-state index contributed by atoms with van der Waals surface area (Å²) in [7, 11) is 0. The van der Waals surface area contributed by atoms with E-state index in [4.69, 9.17) is 0 Å². The fraction of sp³-hybridized carbons (Fsp3) is 0.286. The first-order valence-corrected chi connectivity index (χ1v) is 12.6. The molecule has 4 aromatic rings. The first-order valence-electron chi connectivity index (χ1n) is 12.6. The van der Waals surface area contributed by atoms with Crippen molar-refractivity contribution in [2.24, 2.45) is 0 Å². The Hall–Kier alpha value is -4.47. The number of pyridine rings is 1. The average molecular weight is 514 g/mol. The fourth-order valence-corrected chi connectivity index (χ4v) is 4.75. The maximum Gasteiger partial charge on any atom is 0.251 e. The lowest BCUT2D eigenvalue weighted by Gasteiger charge is -2.32. The number of rotatable bonds is 8. The quantitative estimate of drug-likeness (QED) is 0.382. The molecule has 9 nitrogen and oxygen atoms in total. The molecular weight excluding hydrogens is 485 g/mol. The first kappa shape index (κ1) is 25.2. The van der Waals surface area contributed by atoms with E-state index in [1.54, 1.807) is 42.7 Å². The lowest BCUT2D eigenvalue weighted by Crippen LogP contribution is -2.47. The zero-order valence-corrected chi connectivity index (χ0v) is 21.0. The normalized spacial score (nSPS) is 14.3. The van der Waals surface area contributed by atoms with Crippen LogP contribution in [0.4, 0.5) is 10.1 Å². The lowest BCUT2D eigenvalue weighted by molar-refractivity contribution is -0.127. The molecule has 5 rings (SSSR count). The number of aryl methyl sites for hydroxylation is 1. The number of nitrogens with zero attached hydrogens (tertiary/aromatic N) is 6. The Morgan fingerprint density at radius 3 is 2.53 bits per heavy atom. The number of hydrogen-bond donors (Lipinski definition) is 1. The van der Waals surface area contributed by atoms with Crippen LogP contribution in [0.3, 0.4) is 0 Å². The minimum absolute atomic E-state index is 0.0801. The smallest absolute Gasteiger partial charge is 0.251 e. The van der Waals surface area contributed by atoms with Gasteiger partial charge in [0.05, 0.1) is 0 Å². The Balaban J connectivity index is 1.49. The Morgan fingerprint density at radius 1 is 1.08 bits per heavy atom. The van der Waals surface area contributed by atoms with Crippen molar-refractivity contribution in [3.05, 3.63) is 90.0 Å². The minimum atomic E-state index is -0.923. The molecule has 0 radical (unpaired) electrons. The van der Waals surface area contributed by atoms with Crippen molar-refractivity contribution in [2.75, 3.05) is 4.90 Å². The van der Waals surface area contributed by atoms with Crippen molar-refractivity contribution >= 4 is 17.5 Å². The number of tetrazole rings is 1. The van der Waals surface area contributed by atoms with E-state index in [0.717, 1.165) is 31.2 Å². The lowest BCUT2D eigenvalue weighted by atomic mass is 10.0. The Bertz CT molecular complexity index is 1400. The van der Waals surface area contributed by atoms with Crippen LogP contribution in [0.5, 0.6) is 0 Å². The van der Waals surface area contributed by atoms with Crippen molar-refractivity contribution in [3.63, 3.8) is 0 Å². The van der Waals surface area contributed by atoms with Crippen molar-refractivity contribution in [3.8, 4) is 11.4 Å². The molecule has 38 heavy (non-hydrogen) atoms. The van der Waals surface area contributed by atoms with Gasteiger partial charge < -0.3 is 5.32 Å². The monoisotopic (exact) mass is 513 g/mol. The van der Waals surface area contributed by atoms with E-state index in [0.29, 0.717) is 16.8 Å². The number of anilines is 1. The van der Waals surface area contributed by atoms with Gasteiger partial charge in [-0.25, -0.2) is 4.39 Å². The van der Waals surface area contributed by atoms with Crippen molar-refractivity contribution < 1.29 is 14.0 Å². The van der Waals surface area contributed by atoms with Crippen LogP contribution in [0.1, 0.15) is 42.9 Å². The third-order valence-corrected chi connectivity index (χ3v) is 6.61. The molecule has 0 bridgehead atoms. The van der Waals surface area contributed by atoms with Crippen LogP contribution >= 0.6 is 0 Å². The van der Waals surface area contributed by atoms with Gasteiger partial charge in [0.25, 0.3) is 5.91 Å².